The molecule has 1 heterocycles. The van der Waals surface area contributed by atoms with Gasteiger partial charge in [0.25, 0.3) is 5.91 Å². The molecule has 3 aliphatic rings. The second-order valence-electron chi connectivity index (χ2n) is 6.54. The number of halogens is 2. The monoisotopic (exact) mass is 354 g/mol. The van der Waals surface area contributed by atoms with Crippen LogP contribution in [0.1, 0.15) is 25.7 Å². The van der Waals surface area contributed by atoms with Crippen molar-refractivity contribution in [3.05, 3.63) is 35.1 Å². The summed E-state index contributed by atoms with van der Waals surface area (Å²) in [7, 11) is 2.73. The molecule has 1 unspecified atom stereocenters. The van der Waals surface area contributed by atoms with Gasteiger partial charge in [0, 0.05) is 19.5 Å². The largest absolute Gasteiger partial charge is 0.509 e. The second-order valence-corrected chi connectivity index (χ2v) is 6.54. The highest BCUT2D eigenvalue weighted by Gasteiger charge is 2.55. The lowest BCUT2D eigenvalue weighted by molar-refractivity contribution is -0.174. The molecule has 1 amide bonds. The van der Waals surface area contributed by atoms with Crippen molar-refractivity contribution < 1.29 is 28.2 Å². The number of esters is 1. The topological polar surface area (TPSA) is 70.1 Å². The minimum atomic E-state index is -0.951. The molecule has 3 rings (SSSR count). The maximum Gasteiger partial charge on any atom is 0.347 e. The number of likely N-dealkylation sites (N-methyl/N-ethyl adjacent to an activating group) is 1. The van der Waals surface area contributed by atoms with E-state index in [1.807, 2.05) is 0 Å². The van der Waals surface area contributed by atoms with Gasteiger partial charge < -0.3 is 9.84 Å². The van der Waals surface area contributed by atoms with E-state index in [2.05, 4.69) is 4.74 Å². The van der Waals surface area contributed by atoms with Gasteiger partial charge in [-0.2, -0.15) is 0 Å². The van der Waals surface area contributed by atoms with Crippen molar-refractivity contribution >= 4 is 11.9 Å². The molecule has 1 saturated carbocycles. The number of amides is 1. The fourth-order valence-electron chi connectivity index (χ4n) is 3.62. The number of ether oxygens (including phenoxy) is 1. The number of nitrogens with zero attached hydrogens (tertiary/aromatic N) is 2. The Hall–Kier alpha value is -2.22. The summed E-state index contributed by atoms with van der Waals surface area (Å²) >= 11 is 0. The summed E-state index contributed by atoms with van der Waals surface area (Å²) in [6.07, 6.45) is 4.73. The van der Waals surface area contributed by atoms with Gasteiger partial charge in [-0.25, -0.2) is 18.6 Å². The van der Waals surface area contributed by atoms with E-state index in [0.717, 1.165) is 19.6 Å². The normalized spacial score (nSPS) is 26.3. The van der Waals surface area contributed by atoms with Gasteiger partial charge in [-0.15, -0.1) is 0 Å². The van der Waals surface area contributed by atoms with Crippen molar-refractivity contribution in [3.8, 4) is 0 Å². The summed E-state index contributed by atoms with van der Waals surface area (Å²) in [4.78, 5) is 24.8. The Labute approximate surface area is 144 Å². The highest BCUT2D eigenvalue weighted by atomic mass is 19.2. The molecule has 8 heteroatoms. The first-order valence-corrected chi connectivity index (χ1v) is 8.13. The average molecular weight is 354 g/mol. The summed E-state index contributed by atoms with van der Waals surface area (Å²) in [5, 5.41) is 13.3. The van der Waals surface area contributed by atoms with Gasteiger partial charge in [0.2, 0.25) is 0 Å². The smallest absolute Gasteiger partial charge is 0.347 e. The molecular formula is C17H20F2N2O4. The fraction of sp³-hybridized carbons (Fsp3) is 0.529. The first-order valence-electron chi connectivity index (χ1n) is 8.13. The number of carbonyl (C=O) groups is 2. The Morgan fingerprint density at radius 2 is 2.12 bits per heavy atom. The van der Waals surface area contributed by atoms with Crippen molar-refractivity contribution in [1.82, 2.24) is 10.0 Å². The fourth-order valence-corrected chi connectivity index (χ4v) is 3.62. The lowest BCUT2D eigenvalue weighted by Crippen LogP contribution is -2.66. The zero-order chi connectivity index (χ0) is 18.4. The minimum absolute atomic E-state index is 0.131. The van der Waals surface area contributed by atoms with Gasteiger partial charge in [0.05, 0.1) is 12.6 Å². The quantitative estimate of drug-likeness (QED) is 0.622. The van der Waals surface area contributed by atoms with Gasteiger partial charge in [-0.1, -0.05) is 6.08 Å². The van der Waals surface area contributed by atoms with E-state index in [0.29, 0.717) is 12.8 Å². The number of rotatable bonds is 3. The number of hydrogen-bond donors (Lipinski definition) is 1. The van der Waals surface area contributed by atoms with Crippen molar-refractivity contribution in [1.29, 1.82) is 0 Å². The first kappa shape index (κ1) is 17.6. The lowest BCUT2D eigenvalue weighted by Gasteiger charge is -2.54. The third-order valence-corrected chi connectivity index (χ3v) is 5.34. The molecule has 1 fully saturated rings. The van der Waals surface area contributed by atoms with Gasteiger partial charge in [0.1, 0.15) is 11.6 Å². The second kappa shape index (κ2) is 6.25. The maximum atomic E-state index is 14.1. The number of carbonyl (C=O) groups excluding carboxylic acids is 2. The molecule has 1 spiro atoms. The van der Waals surface area contributed by atoms with Gasteiger partial charge in [0.15, 0.2) is 11.4 Å². The summed E-state index contributed by atoms with van der Waals surface area (Å²) in [6, 6.07) is 0. The minimum Gasteiger partial charge on any atom is -0.509 e. The molecule has 0 bridgehead atoms. The molecule has 1 atom stereocenters. The molecule has 0 aromatic heterocycles. The molecule has 0 saturated heterocycles. The predicted octanol–water partition coefficient (Wildman–Crippen LogP) is 2.31. The third-order valence-electron chi connectivity index (χ3n) is 5.34. The molecular weight excluding hydrogens is 334 g/mol. The van der Waals surface area contributed by atoms with Crippen molar-refractivity contribution in [2.45, 2.75) is 31.2 Å². The maximum absolute atomic E-state index is 14.1. The van der Waals surface area contributed by atoms with E-state index in [9.17, 15) is 23.5 Å². The number of hydrazine groups is 1. The number of allylic oxidation sites excluding steroid dienone is 3. The van der Waals surface area contributed by atoms with Crippen molar-refractivity contribution in [3.63, 3.8) is 0 Å². The summed E-state index contributed by atoms with van der Waals surface area (Å²) in [5.41, 5.74) is -1.31. The van der Waals surface area contributed by atoms with Gasteiger partial charge in [-0.3, -0.25) is 9.80 Å². The zero-order valence-electron chi connectivity index (χ0n) is 14.1. The molecule has 2 aliphatic carbocycles. The SMILES string of the molecule is COC(=O)C1=C(O)C2(CCC2)N(C)N(CC2CC=CC(F)=C2F)C1=O. The van der Waals surface area contributed by atoms with Crippen LogP contribution in [0.25, 0.3) is 0 Å². The lowest BCUT2D eigenvalue weighted by atomic mass is 9.72. The van der Waals surface area contributed by atoms with Gasteiger partial charge in [-0.05, 0) is 31.8 Å². The van der Waals surface area contributed by atoms with Gasteiger partial charge >= 0.3 is 5.97 Å². The molecule has 1 aliphatic heterocycles. The molecule has 0 radical (unpaired) electrons. The van der Waals surface area contributed by atoms with Crippen LogP contribution in [0, 0.1) is 5.92 Å². The van der Waals surface area contributed by atoms with Crippen LogP contribution in [-0.4, -0.2) is 53.2 Å². The van der Waals surface area contributed by atoms with Crippen LogP contribution in [0.2, 0.25) is 0 Å². The summed E-state index contributed by atoms with van der Waals surface area (Å²) < 4.78 is 32.2. The highest BCUT2D eigenvalue weighted by molar-refractivity contribution is 6.17. The predicted molar refractivity (Wildman–Crippen MR) is 84.2 cm³/mol. The van der Waals surface area contributed by atoms with Crippen LogP contribution < -0.4 is 0 Å². The Bertz CT molecular complexity index is 709. The average Bonchev–Trinajstić information content (AvgIpc) is 2.53. The number of aliphatic hydroxyl groups excluding tert-OH is 1. The number of aliphatic hydroxyl groups is 1. The van der Waals surface area contributed by atoms with E-state index in [-0.39, 0.29) is 18.7 Å². The van der Waals surface area contributed by atoms with E-state index in [1.54, 1.807) is 12.1 Å². The van der Waals surface area contributed by atoms with E-state index in [1.165, 1.54) is 11.1 Å². The van der Waals surface area contributed by atoms with Crippen LogP contribution in [0.15, 0.2) is 35.1 Å². The third kappa shape index (κ3) is 2.55. The van der Waals surface area contributed by atoms with Crippen molar-refractivity contribution in [2.24, 2.45) is 5.92 Å². The molecule has 136 valence electrons. The Kier molecular flexibility index (Phi) is 4.40. The van der Waals surface area contributed by atoms with E-state index in [4.69, 9.17) is 0 Å². The molecule has 25 heavy (non-hydrogen) atoms. The number of methoxy groups -OCH3 is 1. The van der Waals surface area contributed by atoms with E-state index < -0.39 is 40.6 Å². The summed E-state index contributed by atoms with van der Waals surface area (Å²) in [6.45, 7) is -0.131. The van der Waals surface area contributed by atoms with Crippen LogP contribution in [0.3, 0.4) is 0 Å². The number of hydrogen-bond acceptors (Lipinski definition) is 5. The molecule has 0 aromatic carbocycles. The standard InChI is InChI=1S/C17H20F2N2O4/c1-20-17(7-4-8-17)14(22)12(16(24)25-2)15(23)21(20)9-10-5-3-6-11(18)13(10)19/h3,6,10,22H,4-5,7-9H2,1-2H3. The summed E-state index contributed by atoms with van der Waals surface area (Å²) in [5.74, 6) is -4.71. The molecule has 6 nitrogen and oxygen atoms in total. The molecule has 1 N–H and O–H groups in total. The first-order chi connectivity index (χ1) is 11.8. The Morgan fingerprint density at radius 1 is 1.44 bits per heavy atom. The van der Waals surface area contributed by atoms with Crippen LogP contribution in [0.4, 0.5) is 8.78 Å². The van der Waals surface area contributed by atoms with Crippen LogP contribution in [-0.2, 0) is 14.3 Å². The highest BCUT2D eigenvalue weighted by Crippen LogP contribution is 2.47. The Morgan fingerprint density at radius 3 is 2.68 bits per heavy atom. The zero-order valence-corrected chi connectivity index (χ0v) is 14.1. The molecule has 0 aromatic rings. The van der Waals surface area contributed by atoms with Crippen LogP contribution in [0.5, 0.6) is 0 Å². The van der Waals surface area contributed by atoms with Crippen LogP contribution >= 0.6 is 0 Å². The van der Waals surface area contributed by atoms with Crippen molar-refractivity contribution in [2.75, 3.05) is 20.7 Å². The van der Waals surface area contributed by atoms with E-state index >= 15 is 0 Å². The Balaban J connectivity index is 1.96.